The third-order valence-corrected chi connectivity index (χ3v) is 6.46. The highest BCUT2D eigenvalue weighted by atomic mass is 32.2. The van der Waals surface area contributed by atoms with E-state index in [9.17, 15) is 8.42 Å². The summed E-state index contributed by atoms with van der Waals surface area (Å²) in [5.41, 5.74) is 3.62. The van der Waals surface area contributed by atoms with Crippen molar-refractivity contribution in [1.29, 1.82) is 0 Å². The van der Waals surface area contributed by atoms with E-state index in [1.807, 2.05) is 73.7 Å². The normalized spacial score (nSPS) is 18.7. The zero-order valence-electron chi connectivity index (χ0n) is 14.5. The second kappa shape index (κ2) is 6.59. The Bertz CT molecular complexity index is 1030. The monoisotopic (exact) mass is 364 g/mol. The summed E-state index contributed by atoms with van der Waals surface area (Å²) in [4.78, 5) is 0.319. The number of nitrogens with zero attached hydrogens (tertiary/aromatic N) is 1. The van der Waals surface area contributed by atoms with E-state index < -0.39 is 16.2 Å². The Morgan fingerprint density at radius 1 is 0.923 bits per heavy atom. The summed E-state index contributed by atoms with van der Waals surface area (Å²) in [5, 5.41) is 3.41. The van der Waals surface area contributed by atoms with Gasteiger partial charge in [0.25, 0.3) is 0 Å². The van der Waals surface area contributed by atoms with E-state index in [1.165, 1.54) is 0 Å². The van der Waals surface area contributed by atoms with Crippen LogP contribution in [0.1, 0.15) is 22.9 Å². The molecule has 26 heavy (non-hydrogen) atoms. The van der Waals surface area contributed by atoms with Gasteiger partial charge in [-0.25, -0.2) is 8.42 Å². The smallest absolute Gasteiger partial charge is 0.247 e. The molecule has 0 spiro atoms. The van der Waals surface area contributed by atoms with E-state index in [-0.39, 0.29) is 0 Å². The van der Waals surface area contributed by atoms with Crippen LogP contribution in [-0.4, -0.2) is 12.7 Å². The largest absolute Gasteiger partial charge is 0.364 e. The minimum absolute atomic E-state index is 0.309. The summed E-state index contributed by atoms with van der Waals surface area (Å²) >= 11 is 0. The summed E-state index contributed by atoms with van der Waals surface area (Å²) < 4.78 is 28.3. The summed E-state index contributed by atoms with van der Waals surface area (Å²) in [6.07, 6.45) is -0.449. The third kappa shape index (κ3) is 3.00. The maximum Gasteiger partial charge on any atom is 0.247 e. The number of nitrogens with one attached hydrogen (secondary N) is 1. The zero-order valence-corrected chi connectivity index (χ0v) is 15.3. The number of hydrogen-bond acceptors (Lipinski definition) is 3. The Hall–Kier alpha value is -2.63. The van der Waals surface area contributed by atoms with Crippen molar-refractivity contribution < 1.29 is 8.42 Å². The molecule has 0 aliphatic carbocycles. The molecule has 0 saturated carbocycles. The van der Waals surface area contributed by atoms with Crippen molar-refractivity contribution >= 4 is 15.7 Å². The summed E-state index contributed by atoms with van der Waals surface area (Å²) in [7, 11) is -3.62. The SMILES string of the molecule is Cc1cccc([C@H]2Nc3ccccc3S(=O)(=O)N2Cc2ccccc2)c1. The van der Waals surface area contributed by atoms with E-state index >= 15 is 0 Å². The molecule has 1 aliphatic rings. The second-order valence-corrected chi connectivity index (χ2v) is 8.35. The first-order chi connectivity index (χ1) is 12.6. The highest BCUT2D eigenvalue weighted by molar-refractivity contribution is 7.89. The van der Waals surface area contributed by atoms with Crippen molar-refractivity contribution in [2.45, 2.75) is 24.5 Å². The van der Waals surface area contributed by atoms with Crippen molar-refractivity contribution in [2.24, 2.45) is 0 Å². The molecule has 0 saturated heterocycles. The van der Waals surface area contributed by atoms with Gasteiger partial charge in [-0.1, -0.05) is 72.3 Å². The van der Waals surface area contributed by atoms with Gasteiger partial charge in [0, 0.05) is 6.54 Å². The average Bonchev–Trinajstić information content (AvgIpc) is 2.65. The molecule has 4 rings (SSSR count). The van der Waals surface area contributed by atoms with Crippen LogP contribution in [0.4, 0.5) is 5.69 Å². The molecule has 5 heteroatoms. The third-order valence-electron chi connectivity index (χ3n) is 4.59. The lowest BCUT2D eigenvalue weighted by Crippen LogP contribution is -2.42. The van der Waals surface area contributed by atoms with Crippen LogP contribution >= 0.6 is 0 Å². The van der Waals surface area contributed by atoms with Gasteiger partial charge in [-0.3, -0.25) is 0 Å². The number of benzene rings is 3. The molecular formula is C21H20N2O2S. The molecule has 1 aliphatic heterocycles. The Kier molecular flexibility index (Phi) is 4.26. The maximum absolute atomic E-state index is 13.4. The van der Waals surface area contributed by atoms with Gasteiger partial charge in [0.15, 0.2) is 0 Å². The Labute approximate surface area is 154 Å². The lowest BCUT2D eigenvalue weighted by atomic mass is 10.1. The van der Waals surface area contributed by atoms with Crippen molar-refractivity contribution in [3.8, 4) is 0 Å². The van der Waals surface area contributed by atoms with Crippen LogP contribution < -0.4 is 5.32 Å². The van der Waals surface area contributed by atoms with Crippen LogP contribution in [0.15, 0.2) is 83.8 Å². The van der Waals surface area contributed by atoms with Crippen molar-refractivity contribution in [3.05, 3.63) is 95.6 Å². The lowest BCUT2D eigenvalue weighted by Gasteiger charge is -2.37. The van der Waals surface area contributed by atoms with Crippen molar-refractivity contribution in [2.75, 3.05) is 5.32 Å². The summed E-state index contributed by atoms with van der Waals surface area (Å²) in [6.45, 7) is 2.32. The lowest BCUT2D eigenvalue weighted by molar-refractivity contribution is 0.336. The van der Waals surface area contributed by atoms with Gasteiger partial charge in [0.1, 0.15) is 11.1 Å². The van der Waals surface area contributed by atoms with E-state index in [0.29, 0.717) is 17.1 Å². The van der Waals surface area contributed by atoms with Crippen LogP contribution in [0.3, 0.4) is 0 Å². The number of rotatable bonds is 3. The van der Waals surface area contributed by atoms with Gasteiger partial charge in [-0.05, 0) is 30.2 Å². The number of sulfonamides is 1. The molecule has 0 bridgehead atoms. The first-order valence-corrected chi connectivity index (χ1v) is 9.97. The molecule has 3 aromatic carbocycles. The Morgan fingerprint density at radius 3 is 2.42 bits per heavy atom. The predicted octanol–water partition coefficient (Wildman–Crippen LogP) is 4.31. The maximum atomic E-state index is 13.4. The standard InChI is InChI=1S/C21H20N2O2S/c1-16-8-7-11-18(14-16)21-22-19-12-5-6-13-20(19)26(24,25)23(21)15-17-9-3-2-4-10-17/h2-14,21-22H,15H2,1H3/t21-/m0/s1. The van der Waals surface area contributed by atoms with Gasteiger partial charge < -0.3 is 5.32 Å². The van der Waals surface area contributed by atoms with E-state index in [4.69, 9.17) is 0 Å². The Morgan fingerprint density at radius 2 is 1.65 bits per heavy atom. The van der Waals surface area contributed by atoms with Crippen LogP contribution in [0.25, 0.3) is 0 Å². The first kappa shape index (κ1) is 16.8. The van der Waals surface area contributed by atoms with Gasteiger partial charge in [-0.2, -0.15) is 4.31 Å². The number of anilines is 1. The molecule has 3 aromatic rings. The molecule has 0 fully saturated rings. The summed E-state index contributed by atoms with van der Waals surface area (Å²) in [6, 6.07) is 24.7. The van der Waals surface area contributed by atoms with Crippen molar-refractivity contribution in [3.63, 3.8) is 0 Å². The highest BCUT2D eigenvalue weighted by Crippen LogP contribution is 2.39. The second-order valence-electron chi connectivity index (χ2n) is 6.49. The van der Waals surface area contributed by atoms with Crippen LogP contribution in [0.2, 0.25) is 0 Å². The van der Waals surface area contributed by atoms with Gasteiger partial charge in [0.05, 0.1) is 5.69 Å². The molecule has 1 atom stereocenters. The van der Waals surface area contributed by atoms with E-state index in [2.05, 4.69) is 5.32 Å². The van der Waals surface area contributed by atoms with Gasteiger partial charge in [-0.15, -0.1) is 0 Å². The highest BCUT2D eigenvalue weighted by Gasteiger charge is 2.38. The Balaban J connectivity index is 1.85. The van der Waals surface area contributed by atoms with Gasteiger partial charge >= 0.3 is 0 Å². The molecule has 0 unspecified atom stereocenters. The summed E-state index contributed by atoms with van der Waals surface area (Å²) in [5.74, 6) is 0. The fourth-order valence-electron chi connectivity index (χ4n) is 3.32. The predicted molar refractivity (Wildman–Crippen MR) is 103 cm³/mol. The molecule has 1 N–H and O–H groups in total. The van der Waals surface area contributed by atoms with Crippen LogP contribution in [0, 0.1) is 6.92 Å². The number of fused-ring (bicyclic) bond motifs is 1. The quantitative estimate of drug-likeness (QED) is 0.753. The number of aryl methyl sites for hydroxylation is 1. The molecule has 0 aromatic heterocycles. The molecule has 4 nitrogen and oxygen atoms in total. The molecule has 0 amide bonds. The zero-order chi connectivity index (χ0) is 18.1. The molecule has 0 radical (unpaired) electrons. The average molecular weight is 364 g/mol. The molecule has 1 heterocycles. The van der Waals surface area contributed by atoms with Gasteiger partial charge in [0.2, 0.25) is 10.0 Å². The first-order valence-electron chi connectivity index (χ1n) is 8.53. The number of hydrogen-bond donors (Lipinski definition) is 1. The number of para-hydroxylation sites is 1. The molecular weight excluding hydrogens is 344 g/mol. The van der Waals surface area contributed by atoms with Crippen LogP contribution in [0.5, 0.6) is 0 Å². The molecule has 132 valence electrons. The fourth-order valence-corrected chi connectivity index (χ4v) is 5.00. The minimum atomic E-state index is -3.62. The topological polar surface area (TPSA) is 49.4 Å². The van der Waals surface area contributed by atoms with Crippen LogP contribution in [-0.2, 0) is 16.6 Å². The van der Waals surface area contributed by atoms with E-state index in [1.54, 1.807) is 16.4 Å². The van der Waals surface area contributed by atoms with Crippen molar-refractivity contribution in [1.82, 2.24) is 4.31 Å². The van der Waals surface area contributed by atoms with E-state index in [0.717, 1.165) is 16.7 Å². The minimum Gasteiger partial charge on any atom is -0.364 e. The fraction of sp³-hybridized carbons (Fsp3) is 0.143.